The van der Waals surface area contributed by atoms with Gasteiger partial charge in [0.1, 0.15) is 11.6 Å². The zero-order chi connectivity index (χ0) is 32.0. The van der Waals surface area contributed by atoms with Gasteiger partial charge in [-0.2, -0.15) is 4.98 Å². The minimum atomic E-state index is -0.652. The summed E-state index contributed by atoms with van der Waals surface area (Å²) in [6.45, 7) is 7.99. The van der Waals surface area contributed by atoms with Gasteiger partial charge in [-0.1, -0.05) is 78.0 Å². The number of nitrogens with zero attached hydrogens (tertiary/aromatic N) is 4. The summed E-state index contributed by atoms with van der Waals surface area (Å²) in [4.78, 5) is 48.3. The maximum Gasteiger partial charge on any atom is 0.410 e. The number of benzene rings is 3. The van der Waals surface area contributed by atoms with Crippen LogP contribution in [-0.2, 0) is 22.4 Å². The van der Waals surface area contributed by atoms with Crippen molar-refractivity contribution in [3.8, 4) is 0 Å². The number of piperidine rings is 1. The number of nitrogens with one attached hydrogen (secondary N) is 1. The van der Waals surface area contributed by atoms with Crippen LogP contribution in [0.25, 0.3) is 10.8 Å². The SMILES string of the molecule is Cc1noc(C(Cc2ccccc2)NC(=O)N(CCc2ccc3ccccc3c2)C(=O)C2CCCN(C(=O)OC(C)(C)C)C2)n1. The van der Waals surface area contributed by atoms with Crippen LogP contribution in [0.5, 0.6) is 0 Å². The largest absolute Gasteiger partial charge is 0.444 e. The molecular formula is C35H41N5O5. The van der Waals surface area contributed by atoms with Gasteiger partial charge in [-0.3, -0.25) is 9.69 Å². The highest BCUT2D eigenvalue weighted by molar-refractivity contribution is 5.96. The Balaban J connectivity index is 1.38. The summed E-state index contributed by atoms with van der Waals surface area (Å²) in [5, 5.41) is 9.14. The molecule has 1 fully saturated rings. The van der Waals surface area contributed by atoms with E-state index in [0.29, 0.717) is 38.1 Å². The van der Waals surface area contributed by atoms with Crippen molar-refractivity contribution in [2.24, 2.45) is 5.92 Å². The van der Waals surface area contributed by atoms with Crippen molar-refractivity contribution >= 4 is 28.8 Å². The van der Waals surface area contributed by atoms with E-state index in [1.165, 1.54) is 4.90 Å². The van der Waals surface area contributed by atoms with Crippen molar-refractivity contribution in [1.82, 2.24) is 25.3 Å². The molecule has 45 heavy (non-hydrogen) atoms. The normalized spacial score (nSPS) is 15.8. The fraction of sp³-hybridized carbons (Fsp3) is 0.400. The third kappa shape index (κ3) is 8.47. The molecule has 0 aliphatic carbocycles. The fourth-order valence-corrected chi connectivity index (χ4v) is 5.57. The van der Waals surface area contributed by atoms with Gasteiger partial charge in [0.25, 0.3) is 0 Å². The molecule has 4 aromatic rings. The van der Waals surface area contributed by atoms with E-state index in [1.54, 1.807) is 11.8 Å². The Bertz CT molecular complexity index is 1630. The molecule has 1 aromatic heterocycles. The quantitative estimate of drug-likeness (QED) is 0.251. The second-order valence-corrected chi connectivity index (χ2v) is 12.6. The Morgan fingerprint density at radius 1 is 1.02 bits per heavy atom. The predicted octanol–water partition coefficient (Wildman–Crippen LogP) is 6.24. The predicted molar refractivity (Wildman–Crippen MR) is 170 cm³/mol. The lowest BCUT2D eigenvalue weighted by Crippen LogP contribution is -2.52. The molecule has 0 saturated carbocycles. The number of rotatable bonds is 8. The number of aromatic nitrogens is 2. The van der Waals surface area contributed by atoms with Crippen molar-refractivity contribution in [1.29, 1.82) is 0 Å². The van der Waals surface area contributed by atoms with E-state index in [2.05, 4.69) is 21.5 Å². The average Bonchev–Trinajstić information content (AvgIpc) is 3.46. The van der Waals surface area contributed by atoms with Gasteiger partial charge in [0, 0.05) is 26.1 Å². The third-order valence-electron chi connectivity index (χ3n) is 7.79. The summed E-state index contributed by atoms with van der Waals surface area (Å²) in [6.07, 6.45) is 1.61. The van der Waals surface area contributed by atoms with E-state index in [-0.39, 0.29) is 24.9 Å². The highest BCUT2D eigenvalue weighted by atomic mass is 16.6. The Morgan fingerprint density at radius 2 is 1.76 bits per heavy atom. The van der Waals surface area contributed by atoms with Gasteiger partial charge in [-0.15, -0.1) is 0 Å². The molecule has 1 N–H and O–H groups in total. The second-order valence-electron chi connectivity index (χ2n) is 12.6. The lowest BCUT2D eigenvalue weighted by Gasteiger charge is -2.35. The summed E-state index contributed by atoms with van der Waals surface area (Å²) >= 11 is 0. The minimum absolute atomic E-state index is 0.160. The Kier molecular flexibility index (Phi) is 9.80. The molecule has 1 saturated heterocycles. The summed E-state index contributed by atoms with van der Waals surface area (Å²) < 4.78 is 11.0. The molecule has 5 rings (SSSR count). The van der Waals surface area contributed by atoms with E-state index in [0.717, 1.165) is 21.9 Å². The van der Waals surface area contributed by atoms with Crippen molar-refractivity contribution in [3.05, 3.63) is 95.6 Å². The van der Waals surface area contributed by atoms with Crippen molar-refractivity contribution < 1.29 is 23.6 Å². The van der Waals surface area contributed by atoms with Gasteiger partial charge in [0.2, 0.25) is 11.8 Å². The highest BCUT2D eigenvalue weighted by Crippen LogP contribution is 2.24. The van der Waals surface area contributed by atoms with Crippen LogP contribution >= 0.6 is 0 Å². The minimum Gasteiger partial charge on any atom is -0.444 e. The van der Waals surface area contributed by atoms with Gasteiger partial charge in [0.15, 0.2) is 5.82 Å². The molecule has 2 atom stereocenters. The van der Waals surface area contributed by atoms with Crippen LogP contribution in [0.2, 0.25) is 0 Å². The Morgan fingerprint density at radius 3 is 2.47 bits per heavy atom. The number of urea groups is 1. The van der Waals surface area contributed by atoms with Crippen LogP contribution in [0.3, 0.4) is 0 Å². The van der Waals surface area contributed by atoms with Gasteiger partial charge in [-0.25, -0.2) is 9.59 Å². The maximum atomic E-state index is 14.1. The topological polar surface area (TPSA) is 118 Å². The first-order valence-corrected chi connectivity index (χ1v) is 15.5. The maximum absolute atomic E-state index is 14.1. The zero-order valence-electron chi connectivity index (χ0n) is 26.4. The number of likely N-dealkylation sites (tertiary alicyclic amines) is 1. The average molecular weight is 612 g/mol. The number of imide groups is 1. The van der Waals surface area contributed by atoms with Gasteiger partial charge >= 0.3 is 12.1 Å². The molecule has 0 spiro atoms. The van der Waals surface area contributed by atoms with E-state index in [9.17, 15) is 14.4 Å². The third-order valence-corrected chi connectivity index (χ3v) is 7.79. The molecule has 2 heterocycles. The molecular weight excluding hydrogens is 570 g/mol. The number of carbonyl (C=O) groups is 3. The van der Waals surface area contributed by atoms with E-state index < -0.39 is 29.7 Å². The summed E-state index contributed by atoms with van der Waals surface area (Å²) in [7, 11) is 0. The van der Waals surface area contributed by atoms with Crippen molar-refractivity contribution in [2.75, 3.05) is 19.6 Å². The summed E-state index contributed by atoms with van der Waals surface area (Å²) in [5.74, 6) is -0.167. The first-order chi connectivity index (χ1) is 21.6. The molecule has 3 aromatic carbocycles. The number of carbonyl (C=O) groups excluding carboxylic acids is 3. The van der Waals surface area contributed by atoms with E-state index >= 15 is 0 Å². The van der Waals surface area contributed by atoms with Crippen LogP contribution in [0, 0.1) is 12.8 Å². The number of ether oxygens (including phenoxy) is 1. The number of hydrogen-bond donors (Lipinski definition) is 1. The molecule has 2 unspecified atom stereocenters. The van der Waals surface area contributed by atoms with Crippen LogP contribution in [0.4, 0.5) is 9.59 Å². The van der Waals surface area contributed by atoms with Crippen LogP contribution < -0.4 is 5.32 Å². The fourth-order valence-electron chi connectivity index (χ4n) is 5.57. The van der Waals surface area contributed by atoms with Crippen LogP contribution in [0.15, 0.2) is 77.3 Å². The van der Waals surface area contributed by atoms with E-state index in [4.69, 9.17) is 9.26 Å². The molecule has 1 aliphatic rings. The number of aryl methyl sites for hydroxylation is 1. The first-order valence-electron chi connectivity index (χ1n) is 15.5. The van der Waals surface area contributed by atoms with Crippen LogP contribution in [-0.4, -0.2) is 63.2 Å². The van der Waals surface area contributed by atoms with Crippen molar-refractivity contribution in [2.45, 2.75) is 65.0 Å². The molecule has 0 bridgehead atoms. The lowest BCUT2D eigenvalue weighted by atomic mass is 9.96. The highest BCUT2D eigenvalue weighted by Gasteiger charge is 2.36. The van der Waals surface area contributed by atoms with Gasteiger partial charge in [0.05, 0.1) is 5.92 Å². The molecule has 10 heteroatoms. The second kappa shape index (κ2) is 13.9. The smallest absolute Gasteiger partial charge is 0.410 e. The standard InChI is InChI=1S/C35H41N5O5/c1-24-36-31(45-38-24)30(22-25-11-6-5-7-12-25)37-33(42)40(20-18-26-16-17-27-13-8-9-14-28(27)21-26)32(41)29-15-10-19-39(23-29)34(43)44-35(2,3)4/h5-9,11-14,16-17,21,29-30H,10,15,18-20,22-23H2,1-4H3,(H,37,42). The molecule has 4 amide bonds. The number of hydrogen-bond acceptors (Lipinski definition) is 7. The van der Waals surface area contributed by atoms with Gasteiger partial charge < -0.3 is 19.5 Å². The summed E-state index contributed by atoms with van der Waals surface area (Å²) in [5.41, 5.74) is 1.32. The monoisotopic (exact) mass is 611 g/mol. The van der Waals surface area contributed by atoms with Crippen LogP contribution in [0.1, 0.15) is 62.5 Å². The summed E-state index contributed by atoms with van der Waals surface area (Å²) in [6, 6.07) is 22.7. The van der Waals surface area contributed by atoms with Crippen molar-refractivity contribution in [3.63, 3.8) is 0 Å². The number of fused-ring (bicyclic) bond motifs is 1. The van der Waals surface area contributed by atoms with E-state index in [1.807, 2.05) is 87.5 Å². The Labute approximate surface area is 263 Å². The molecule has 10 nitrogen and oxygen atoms in total. The zero-order valence-corrected chi connectivity index (χ0v) is 26.4. The Hall–Kier alpha value is -4.73. The molecule has 1 aliphatic heterocycles. The lowest BCUT2D eigenvalue weighted by molar-refractivity contribution is -0.134. The number of amides is 4. The first kappa shape index (κ1) is 31.7. The molecule has 236 valence electrons. The van der Waals surface area contributed by atoms with Gasteiger partial charge in [-0.05, 0) is 68.9 Å². The molecule has 0 radical (unpaired) electrons.